The van der Waals surface area contributed by atoms with Crippen LogP contribution in [0, 0.1) is 30.1 Å². The van der Waals surface area contributed by atoms with Gasteiger partial charge in [0.15, 0.2) is 0 Å². The Hall–Kier alpha value is -2.19. The van der Waals surface area contributed by atoms with E-state index in [1.807, 2.05) is 6.07 Å². The highest BCUT2D eigenvalue weighted by molar-refractivity contribution is 6.31. The summed E-state index contributed by atoms with van der Waals surface area (Å²) in [6.45, 7) is 1.76. The molecule has 0 N–H and O–H groups in total. The molecular formula is C17H15ClN4O. The average molecular weight is 327 g/mol. The number of fused-ring (bicyclic) bond motifs is 1. The maximum Gasteiger partial charge on any atom is 0.278 e. The van der Waals surface area contributed by atoms with Crippen molar-refractivity contribution in [2.75, 3.05) is 0 Å². The van der Waals surface area contributed by atoms with E-state index in [1.165, 1.54) is 17.2 Å². The Kier molecular flexibility index (Phi) is 3.24. The minimum atomic E-state index is -0.285. The number of rotatable bonds is 2. The third kappa shape index (κ3) is 2.34. The Morgan fingerprint density at radius 1 is 1.30 bits per heavy atom. The highest BCUT2D eigenvalue weighted by atomic mass is 35.5. The molecule has 0 aliphatic heterocycles. The quantitative estimate of drug-likeness (QED) is 0.850. The van der Waals surface area contributed by atoms with Crippen molar-refractivity contribution in [2.45, 2.75) is 32.1 Å². The summed E-state index contributed by atoms with van der Waals surface area (Å²) in [4.78, 5) is 21.6. The van der Waals surface area contributed by atoms with Gasteiger partial charge in [0.1, 0.15) is 22.7 Å². The van der Waals surface area contributed by atoms with Crippen LogP contribution in [-0.4, -0.2) is 14.5 Å². The van der Waals surface area contributed by atoms with Crippen molar-refractivity contribution >= 4 is 11.6 Å². The number of hydrogen-bond acceptors (Lipinski definition) is 4. The molecule has 5 nitrogen and oxygen atoms in total. The summed E-state index contributed by atoms with van der Waals surface area (Å²) in [5.41, 5.74) is 0.737. The van der Waals surface area contributed by atoms with Gasteiger partial charge in [-0.3, -0.25) is 4.79 Å². The third-order valence-electron chi connectivity index (χ3n) is 4.93. The van der Waals surface area contributed by atoms with Gasteiger partial charge >= 0.3 is 0 Å². The second-order valence-electron chi connectivity index (χ2n) is 6.45. The average Bonchev–Trinajstić information content (AvgIpc) is 3.18. The van der Waals surface area contributed by atoms with Crippen molar-refractivity contribution in [3.63, 3.8) is 0 Å². The van der Waals surface area contributed by atoms with Crippen LogP contribution in [0.5, 0.6) is 0 Å². The van der Waals surface area contributed by atoms with Crippen LogP contribution in [0.15, 0.2) is 23.1 Å². The molecule has 0 spiro atoms. The van der Waals surface area contributed by atoms with E-state index in [0.717, 1.165) is 30.5 Å². The molecule has 23 heavy (non-hydrogen) atoms. The lowest BCUT2D eigenvalue weighted by atomic mass is 10.0. The minimum Gasteiger partial charge on any atom is -0.267 e. The molecule has 2 aromatic heterocycles. The van der Waals surface area contributed by atoms with Gasteiger partial charge in [-0.2, -0.15) is 5.26 Å². The largest absolute Gasteiger partial charge is 0.278 e. The van der Waals surface area contributed by atoms with E-state index < -0.39 is 0 Å². The van der Waals surface area contributed by atoms with Gasteiger partial charge in [-0.1, -0.05) is 11.6 Å². The first kappa shape index (κ1) is 14.4. The van der Waals surface area contributed by atoms with Gasteiger partial charge in [-0.05, 0) is 50.2 Å². The van der Waals surface area contributed by atoms with Crippen LogP contribution in [0.25, 0.3) is 5.82 Å². The Labute approximate surface area is 138 Å². The topological polar surface area (TPSA) is 71.6 Å². The Bertz CT molecular complexity index is 871. The molecule has 116 valence electrons. The first-order valence-electron chi connectivity index (χ1n) is 7.74. The standard InChI is InChI=1S/C17H15ClN4O/c1-9-15(18)17(23)22(14-3-2-10(7-19)8-20-14)16(21-9)13-5-11-4-12(11)6-13/h2-3,8,11-13H,4-6H2,1H3/t11-,12+,13+. The summed E-state index contributed by atoms with van der Waals surface area (Å²) in [6, 6.07) is 5.35. The second-order valence-corrected chi connectivity index (χ2v) is 6.83. The van der Waals surface area contributed by atoms with Crippen molar-refractivity contribution in [1.29, 1.82) is 5.26 Å². The molecule has 4 rings (SSSR count). The number of halogens is 1. The van der Waals surface area contributed by atoms with Crippen molar-refractivity contribution in [2.24, 2.45) is 11.8 Å². The maximum atomic E-state index is 12.7. The predicted molar refractivity (Wildman–Crippen MR) is 85.7 cm³/mol. The molecule has 0 bridgehead atoms. The van der Waals surface area contributed by atoms with Crippen LogP contribution >= 0.6 is 11.6 Å². The van der Waals surface area contributed by atoms with Crippen molar-refractivity contribution in [1.82, 2.24) is 14.5 Å². The smallest absolute Gasteiger partial charge is 0.267 e. The van der Waals surface area contributed by atoms with E-state index in [0.29, 0.717) is 17.1 Å². The van der Waals surface area contributed by atoms with E-state index in [2.05, 4.69) is 9.97 Å². The summed E-state index contributed by atoms with van der Waals surface area (Å²) in [6.07, 6.45) is 4.93. The Balaban J connectivity index is 1.87. The normalized spacial score (nSPS) is 25.0. The van der Waals surface area contributed by atoms with Crippen LogP contribution in [0.4, 0.5) is 0 Å². The van der Waals surface area contributed by atoms with Crippen molar-refractivity contribution < 1.29 is 0 Å². The Morgan fingerprint density at radius 2 is 2.04 bits per heavy atom. The van der Waals surface area contributed by atoms with Crippen LogP contribution in [0.1, 0.15) is 42.3 Å². The first-order chi connectivity index (χ1) is 11.1. The van der Waals surface area contributed by atoms with Gasteiger partial charge < -0.3 is 0 Å². The predicted octanol–water partition coefficient (Wildman–Crippen LogP) is 2.97. The fraction of sp³-hybridized carbons (Fsp3) is 0.412. The van der Waals surface area contributed by atoms with Crippen molar-refractivity contribution in [3.05, 3.63) is 50.8 Å². The van der Waals surface area contributed by atoms with Crippen LogP contribution < -0.4 is 5.56 Å². The van der Waals surface area contributed by atoms with Gasteiger partial charge in [0, 0.05) is 12.1 Å². The molecule has 2 aliphatic carbocycles. The molecule has 2 aromatic rings. The third-order valence-corrected chi connectivity index (χ3v) is 5.37. The Morgan fingerprint density at radius 3 is 2.65 bits per heavy atom. The molecule has 2 saturated carbocycles. The number of aromatic nitrogens is 3. The van der Waals surface area contributed by atoms with E-state index in [1.54, 1.807) is 19.1 Å². The van der Waals surface area contributed by atoms with Gasteiger partial charge in [-0.15, -0.1) is 0 Å². The molecule has 3 atom stereocenters. The molecule has 0 aromatic carbocycles. The first-order valence-corrected chi connectivity index (χ1v) is 8.12. The lowest BCUT2D eigenvalue weighted by molar-refractivity contribution is 0.563. The van der Waals surface area contributed by atoms with E-state index >= 15 is 0 Å². The zero-order valence-corrected chi connectivity index (χ0v) is 13.4. The maximum absolute atomic E-state index is 12.7. The number of aryl methyl sites for hydroxylation is 1. The van der Waals surface area contributed by atoms with Gasteiger partial charge in [0.2, 0.25) is 0 Å². The van der Waals surface area contributed by atoms with E-state index in [-0.39, 0.29) is 16.5 Å². The molecule has 0 unspecified atom stereocenters. The summed E-state index contributed by atoms with van der Waals surface area (Å²) >= 11 is 6.13. The molecule has 6 heteroatoms. The fourth-order valence-corrected chi connectivity index (χ4v) is 3.76. The molecule has 2 aliphatic rings. The SMILES string of the molecule is Cc1nc([C@@H]2C[C@@H]3C[C@@H]3C2)n(-c2ccc(C#N)cn2)c(=O)c1Cl. The molecule has 0 radical (unpaired) electrons. The van der Waals surface area contributed by atoms with Crippen LogP contribution in [0.2, 0.25) is 5.02 Å². The summed E-state index contributed by atoms with van der Waals surface area (Å²) in [5, 5.41) is 9.03. The zero-order chi connectivity index (χ0) is 16.1. The monoisotopic (exact) mass is 326 g/mol. The highest BCUT2D eigenvalue weighted by Gasteiger charge is 2.47. The summed E-state index contributed by atoms with van der Waals surface area (Å²) in [7, 11) is 0. The van der Waals surface area contributed by atoms with Gasteiger partial charge in [0.25, 0.3) is 5.56 Å². The molecule has 2 fully saturated rings. The molecular weight excluding hydrogens is 312 g/mol. The number of pyridine rings is 1. The molecule has 0 amide bonds. The number of hydrogen-bond donors (Lipinski definition) is 0. The number of nitriles is 1. The highest BCUT2D eigenvalue weighted by Crippen LogP contribution is 2.57. The second kappa shape index (κ2) is 5.17. The lowest BCUT2D eigenvalue weighted by Crippen LogP contribution is -2.27. The molecule has 2 heterocycles. The van der Waals surface area contributed by atoms with Crippen LogP contribution in [0.3, 0.4) is 0 Å². The van der Waals surface area contributed by atoms with Crippen LogP contribution in [-0.2, 0) is 0 Å². The molecule has 0 saturated heterocycles. The lowest BCUT2D eigenvalue weighted by Gasteiger charge is -2.18. The summed E-state index contributed by atoms with van der Waals surface area (Å²) in [5.74, 6) is 3.07. The van der Waals surface area contributed by atoms with Gasteiger partial charge in [0.05, 0.1) is 11.3 Å². The van der Waals surface area contributed by atoms with E-state index in [4.69, 9.17) is 16.9 Å². The minimum absolute atomic E-state index is 0.128. The van der Waals surface area contributed by atoms with E-state index in [9.17, 15) is 4.79 Å². The number of nitrogens with zero attached hydrogens (tertiary/aromatic N) is 4. The summed E-state index contributed by atoms with van der Waals surface area (Å²) < 4.78 is 1.52. The zero-order valence-electron chi connectivity index (χ0n) is 12.7. The van der Waals surface area contributed by atoms with Crippen molar-refractivity contribution in [3.8, 4) is 11.9 Å². The fourth-order valence-electron chi connectivity index (χ4n) is 3.63. The van der Waals surface area contributed by atoms with Gasteiger partial charge in [-0.25, -0.2) is 14.5 Å².